The number of aromatic nitrogens is 6. The number of fused-ring (bicyclic) bond motifs is 12. The van der Waals surface area contributed by atoms with Gasteiger partial charge in [0, 0.05) is 71.5 Å². The topological polar surface area (TPSA) is 53.5 Å². The van der Waals surface area contributed by atoms with Gasteiger partial charge in [-0.1, -0.05) is 190 Å². The molecule has 1 aliphatic carbocycles. The Kier molecular flexibility index (Phi) is 10.6. The molecule has 0 saturated heterocycles. The molecule has 6 nitrogen and oxygen atoms in total. The first-order valence-corrected chi connectivity index (χ1v) is 28.8. The molecule has 0 amide bonds. The molecule has 0 aliphatic heterocycles. The molecule has 12 aromatic carbocycles. The SMILES string of the molecule is CC1(C)c2ccccc2-c2cc3c4cc(-c5ccc6c(c5)c5cc(-c7ccc8c(c7)c7ccccc7n8-c7ccccc7)ccc5n6-c5ccccc5)ccc4n(-c4cccc(-c5nc(-c6ccccc6)nc(-c6ccccc6)n5)c4)c3cc21. The Morgan fingerprint density at radius 3 is 1.14 bits per heavy atom. The first-order valence-electron chi connectivity index (χ1n) is 28.8. The zero-order valence-corrected chi connectivity index (χ0v) is 46.2. The summed E-state index contributed by atoms with van der Waals surface area (Å²) in [6, 6.07) is 101. The van der Waals surface area contributed by atoms with E-state index in [-0.39, 0.29) is 5.41 Å². The zero-order chi connectivity index (χ0) is 55.6. The van der Waals surface area contributed by atoms with Gasteiger partial charge < -0.3 is 13.7 Å². The Hall–Kier alpha value is -11.0. The van der Waals surface area contributed by atoms with E-state index in [9.17, 15) is 0 Å². The number of benzene rings is 12. The third kappa shape index (κ3) is 7.40. The van der Waals surface area contributed by atoms with Crippen molar-refractivity contribution in [1.82, 2.24) is 28.7 Å². The van der Waals surface area contributed by atoms with Gasteiger partial charge in [-0.15, -0.1) is 0 Å². The number of hydrogen-bond donors (Lipinski definition) is 0. The highest BCUT2D eigenvalue weighted by molar-refractivity contribution is 6.15. The van der Waals surface area contributed by atoms with Crippen molar-refractivity contribution in [3.8, 4) is 84.6 Å². The molecule has 0 saturated carbocycles. The first-order chi connectivity index (χ1) is 41.4. The molecule has 6 heteroatoms. The van der Waals surface area contributed by atoms with Crippen molar-refractivity contribution < 1.29 is 0 Å². The summed E-state index contributed by atoms with van der Waals surface area (Å²) in [5.74, 6) is 1.89. The summed E-state index contributed by atoms with van der Waals surface area (Å²) in [6.07, 6.45) is 0. The van der Waals surface area contributed by atoms with E-state index >= 15 is 0 Å². The second-order valence-corrected chi connectivity index (χ2v) is 22.8. The van der Waals surface area contributed by atoms with E-state index in [0.717, 1.165) is 61.4 Å². The van der Waals surface area contributed by atoms with Crippen molar-refractivity contribution in [2.24, 2.45) is 0 Å². The Morgan fingerprint density at radius 1 is 0.238 bits per heavy atom. The van der Waals surface area contributed by atoms with Crippen LogP contribution in [0.15, 0.2) is 279 Å². The predicted octanol–water partition coefficient (Wildman–Crippen LogP) is 19.8. The summed E-state index contributed by atoms with van der Waals surface area (Å²) >= 11 is 0. The maximum Gasteiger partial charge on any atom is 0.164 e. The van der Waals surface area contributed by atoms with Crippen molar-refractivity contribution >= 4 is 65.4 Å². The average Bonchev–Trinajstić information content (AvgIpc) is 2.48. The Morgan fingerprint density at radius 2 is 0.619 bits per heavy atom. The Bertz CT molecular complexity index is 5260. The van der Waals surface area contributed by atoms with Crippen LogP contribution in [-0.4, -0.2) is 28.7 Å². The van der Waals surface area contributed by atoms with Gasteiger partial charge in [-0.3, -0.25) is 0 Å². The average molecular weight is 1070 g/mol. The van der Waals surface area contributed by atoms with Crippen LogP contribution in [0.2, 0.25) is 0 Å². The smallest absolute Gasteiger partial charge is 0.164 e. The normalized spacial score (nSPS) is 12.7. The standard InChI is InChI=1S/C78H52N6/c1-78(2)67-32-17-15-30-59(67)61-47-66-65-46-54(37-41-73(65)84(74(66)48-68(61)78)58-29-19-24-55(42-58)77-80-75(49-20-7-3-8-21-49)79-76(81-77)50-22-9-4-10-23-50)53-36-40-72-64(45-53)63-44-52(35-39-71(63)83(72)57-27-13-6-14-28-57)51-34-38-70-62(43-51)60-31-16-18-33-69(60)82(70)56-25-11-5-12-26-56/h3-48H,1-2H3. The van der Waals surface area contributed by atoms with Crippen molar-refractivity contribution in [3.63, 3.8) is 0 Å². The molecular formula is C78H52N6. The highest BCUT2D eigenvalue weighted by Crippen LogP contribution is 2.51. The van der Waals surface area contributed by atoms with E-state index in [1.807, 2.05) is 36.4 Å². The van der Waals surface area contributed by atoms with Crippen LogP contribution in [0.4, 0.5) is 0 Å². The van der Waals surface area contributed by atoms with Gasteiger partial charge in [0.15, 0.2) is 17.5 Å². The van der Waals surface area contributed by atoms with Crippen LogP contribution in [-0.2, 0) is 5.41 Å². The van der Waals surface area contributed by atoms with Crippen LogP contribution in [0.1, 0.15) is 25.0 Å². The van der Waals surface area contributed by atoms with Crippen LogP contribution >= 0.6 is 0 Å². The highest BCUT2D eigenvalue weighted by Gasteiger charge is 2.36. The minimum atomic E-state index is -0.190. The molecular weight excluding hydrogens is 1020 g/mol. The molecule has 0 atom stereocenters. The fourth-order valence-corrected chi connectivity index (χ4v) is 13.6. The van der Waals surface area contributed by atoms with Crippen molar-refractivity contribution in [1.29, 1.82) is 0 Å². The molecule has 0 fully saturated rings. The number of para-hydroxylation sites is 3. The molecule has 0 spiro atoms. The molecule has 16 aromatic rings. The largest absolute Gasteiger partial charge is 0.309 e. The van der Waals surface area contributed by atoms with E-state index in [1.54, 1.807) is 0 Å². The van der Waals surface area contributed by atoms with Gasteiger partial charge in [0.25, 0.3) is 0 Å². The molecule has 4 heterocycles. The van der Waals surface area contributed by atoms with Crippen molar-refractivity contribution in [2.75, 3.05) is 0 Å². The van der Waals surface area contributed by atoms with Gasteiger partial charge in [-0.25, -0.2) is 15.0 Å². The summed E-state index contributed by atoms with van der Waals surface area (Å²) < 4.78 is 7.25. The van der Waals surface area contributed by atoms with Gasteiger partial charge in [-0.05, 0) is 148 Å². The summed E-state index contributed by atoms with van der Waals surface area (Å²) in [6.45, 7) is 4.73. The van der Waals surface area contributed by atoms with Gasteiger partial charge in [0.2, 0.25) is 0 Å². The van der Waals surface area contributed by atoms with Crippen molar-refractivity contribution in [2.45, 2.75) is 19.3 Å². The van der Waals surface area contributed by atoms with E-state index < -0.39 is 0 Å². The lowest BCUT2D eigenvalue weighted by Crippen LogP contribution is -2.14. The van der Waals surface area contributed by atoms with Crippen LogP contribution < -0.4 is 0 Å². The fraction of sp³-hybridized carbons (Fsp3) is 0.0385. The van der Waals surface area contributed by atoms with E-state index in [1.165, 1.54) is 82.2 Å². The number of nitrogens with zero attached hydrogens (tertiary/aromatic N) is 6. The van der Waals surface area contributed by atoms with Crippen LogP contribution in [0, 0.1) is 0 Å². The Balaban J connectivity index is 0.844. The summed E-state index contributed by atoms with van der Waals surface area (Å²) in [4.78, 5) is 15.3. The Labute approximate surface area is 485 Å². The third-order valence-corrected chi connectivity index (χ3v) is 17.7. The molecule has 17 rings (SSSR count). The lowest BCUT2D eigenvalue weighted by atomic mass is 9.82. The molecule has 394 valence electrons. The minimum absolute atomic E-state index is 0.190. The predicted molar refractivity (Wildman–Crippen MR) is 348 cm³/mol. The van der Waals surface area contributed by atoms with Crippen LogP contribution in [0.25, 0.3) is 150 Å². The lowest BCUT2D eigenvalue weighted by Gasteiger charge is -2.21. The first kappa shape index (κ1) is 47.8. The summed E-state index contributed by atoms with van der Waals surface area (Å²) in [5, 5.41) is 7.28. The molecule has 0 bridgehead atoms. The molecule has 4 aromatic heterocycles. The number of rotatable bonds is 8. The molecule has 0 N–H and O–H groups in total. The summed E-state index contributed by atoms with van der Waals surface area (Å²) in [7, 11) is 0. The second kappa shape index (κ2) is 18.5. The molecule has 1 aliphatic rings. The van der Waals surface area contributed by atoms with Gasteiger partial charge >= 0.3 is 0 Å². The van der Waals surface area contributed by atoms with Crippen molar-refractivity contribution in [3.05, 3.63) is 290 Å². The van der Waals surface area contributed by atoms with Gasteiger partial charge in [0.1, 0.15) is 0 Å². The molecule has 0 radical (unpaired) electrons. The summed E-state index contributed by atoms with van der Waals surface area (Å²) in [5.41, 5.74) is 22.9. The van der Waals surface area contributed by atoms with Gasteiger partial charge in [-0.2, -0.15) is 0 Å². The van der Waals surface area contributed by atoms with E-state index in [4.69, 9.17) is 15.0 Å². The number of hydrogen-bond acceptors (Lipinski definition) is 3. The maximum absolute atomic E-state index is 5.16. The monoisotopic (exact) mass is 1070 g/mol. The van der Waals surface area contributed by atoms with Crippen LogP contribution in [0.5, 0.6) is 0 Å². The fourth-order valence-electron chi connectivity index (χ4n) is 13.6. The van der Waals surface area contributed by atoms with Crippen LogP contribution in [0.3, 0.4) is 0 Å². The highest BCUT2D eigenvalue weighted by atomic mass is 15.0. The van der Waals surface area contributed by atoms with E-state index in [2.05, 4.69) is 270 Å². The zero-order valence-electron chi connectivity index (χ0n) is 46.2. The van der Waals surface area contributed by atoms with Gasteiger partial charge in [0.05, 0.1) is 33.1 Å². The lowest BCUT2D eigenvalue weighted by molar-refractivity contribution is 0.661. The van der Waals surface area contributed by atoms with E-state index in [0.29, 0.717) is 17.5 Å². The molecule has 0 unspecified atom stereocenters. The third-order valence-electron chi connectivity index (χ3n) is 17.7. The minimum Gasteiger partial charge on any atom is -0.309 e. The maximum atomic E-state index is 5.16. The molecule has 84 heavy (non-hydrogen) atoms. The second-order valence-electron chi connectivity index (χ2n) is 22.8. The quantitative estimate of drug-likeness (QED) is 0.152.